The maximum absolute atomic E-state index is 13.0. The number of carbonyl (C=O) groups excluding carboxylic acids is 2. The van der Waals surface area contributed by atoms with Crippen LogP contribution in [0.5, 0.6) is 0 Å². The maximum atomic E-state index is 13.0. The monoisotopic (exact) mass is 338 g/mol. The lowest BCUT2D eigenvalue weighted by atomic mass is 9.77. The van der Waals surface area contributed by atoms with Crippen molar-refractivity contribution in [2.75, 3.05) is 13.1 Å². The number of hydrogen-bond acceptors (Lipinski definition) is 3. The van der Waals surface area contributed by atoms with E-state index in [1.807, 2.05) is 35.3 Å². The highest BCUT2D eigenvalue weighted by atomic mass is 16.5. The van der Waals surface area contributed by atoms with Crippen molar-refractivity contribution in [3.63, 3.8) is 0 Å². The smallest absolute Gasteiger partial charge is 0.230 e. The summed E-state index contributed by atoms with van der Waals surface area (Å²) in [6, 6.07) is 10.5. The summed E-state index contributed by atoms with van der Waals surface area (Å²) in [5.74, 6) is -0.683. The first kappa shape index (κ1) is 15.1. The molecule has 3 heterocycles. The molecular formula is C20H22N2O3. The summed E-state index contributed by atoms with van der Waals surface area (Å²) in [5.41, 5.74) is 0.623. The Morgan fingerprint density at radius 2 is 2.08 bits per heavy atom. The van der Waals surface area contributed by atoms with Crippen molar-refractivity contribution in [1.29, 1.82) is 0 Å². The molecule has 130 valence electrons. The summed E-state index contributed by atoms with van der Waals surface area (Å²) in [4.78, 5) is 27.6. The van der Waals surface area contributed by atoms with Crippen molar-refractivity contribution in [2.45, 2.75) is 37.0 Å². The molecule has 2 amide bonds. The van der Waals surface area contributed by atoms with E-state index in [-0.39, 0.29) is 29.8 Å². The molecule has 2 saturated heterocycles. The van der Waals surface area contributed by atoms with Crippen molar-refractivity contribution in [3.05, 3.63) is 48.0 Å². The van der Waals surface area contributed by atoms with Crippen LogP contribution in [0.1, 0.15) is 18.4 Å². The minimum Gasteiger partial charge on any atom is -0.360 e. The summed E-state index contributed by atoms with van der Waals surface area (Å²) >= 11 is 0. The van der Waals surface area contributed by atoms with Crippen molar-refractivity contribution < 1.29 is 14.3 Å². The van der Waals surface area contributed by atoms with Gasteiger partial charge in [-0.25, -0.2) is 0 Å². The average Bonchev–Trinajstić information content (AvgIpc) is 3.16. The van der Waals surface area contributed by atoms with Gasteiger partial charge in [0.05, 0.1) is 24.5 Å². The van der Waals surface area contributed by atoms with Crippen LogP contribution in [-0.4, -0.2) is 47.6 Å². The number of hydrogen-bond donors (Lipinski definition) is 1. The fourth-order valence-electron chi connectivity index (χ4n) is 4.50. The second-order valence-electron chi connectivity index (χ2n) is 7.68. The Hall–Kier alpha value is -2.14. The number of nitrogens with one attached hydrogen (secondary N) is 1. The minimum absolute atomic E-state index is 0.0121. The number of likely N-dealkylation sites (tertiary alicyclic amines) is 1. The fourth-order valence-corrected chi connectivity index (χ4v) is 4.50. The molecule has 1 spiro atoms. The first-order valence-corrected chi connectivity index (χ1v) is 9.17. The van der Waals surface area contributed by atoms with Crippen LogP contribution in [0.25, 0.3) is 0 Å². The molecular weight excluding hydrogens is 316 g/mol. The second kappa shape index (κ2) is 5.43. The van der Waals surface area contributed by atoms with Gasteiger partial charge < -0.3 is 15.0 Å². The molecule has 5 heteroatoms. The van der Waals surface area contributed by atoms with Crippen molar-refractivity contribution in [3.8, 4) is 0 Å². The Morgan fingerprint density at radius 3 is 2.84 bits per heavy atom. The van der Waals surface area contributed by atoms with Gasteiger partial charge in [0.2, 0.25) is 11.8 Å². The van der Waals surface area contributed by atoms with Crippen LogP contribution in [0.4, 0.5) is 0 Å². The highest BCUT2D eigenvalue weighted by Crippen LogP contribution is 2.52. The highest BCUT2D eigenvalue weighted by molar-refractivity contribution is 5.93. The second-order valence-corrected chi connectivity index (χ2v) is 7.68. The Labute approximate surface area is 147 Å². The zero-order valence-corrected chi connectivity index (χ0v) is 14.1. The van der Waals surface area contributed by atoms with Gasteiger partial charge in [-0.05, 0) is 24.8 Å². The van der Waals surface area contributed by atoms with E-state index in [4.69, 9.17) is 4.74 Å². The minimum atomic E-state index is -0.593. The molecule has 1 saturated carbocycles. The predicted molar refractivity (Wildman–Crippen MR) is 91.6 cm³/mol. The molecule has 25 heavy (non-hydrogen) atoms. The number of rotatable bonds is 5. The van der Waals surface area contributed by atoms with E-state index in [0.717, 1.165) is 19.3 Å². The van der Waals surface area contributed by atoms with Crippen molar-refractivity contribution >= 4 is 11.8 Å². The zero-order chi connectivity index (χ0) is 17.0. The molecule has 5 nitrogen and oxygen atoms in total. The summed E-state index contributed by atoms with van der Waals surface area (Å²) in [6.07, 6.45) is 6.66. The van der Waals surface area contributed by atoms with E-state index in [1.54, 1.807) is 0 Å². The average molecular weight is 338 g/mol. The van der Waals surface area contributed by atoms with Crippen molar-refractivity contribution in [2.24, 2.45) is 11.8 Å². The van der Waals surface area contributed by atoms with Gasteiger partial charge in [-0.15, -0.1) is 0 Å². The molecule has 1 N–H and O–H groups in total. The normalized spacial score (nSPS) is 35.3. The number of amides is 2. The lowest BCUT2D eigenvalue weighted by Crippen LogP contribution is -2.44. The Bertz CT molecular complexity index is 743. The molecule has 0 radical (unpaired) electrons. The van der Waals surface area contributed by atoms with Crippen LogP contribution in [-0.2, 0) is 20.7 Å². The van der Waals surface area contributed by atoms with Crippen LogP contribution in [0.2, 0.25) is 0 Å². The quantitative estimate of drug-likeness (QED) is 0.823. The Kier molecular flexibility index (Phi) is 3.29. The van der Waals surface area contributed by atoms with Gasteiger partial charge in [0.15, 0.2) is 0 Å². The lowest BCUT2D eigenvalue weighted by molar-refractivity contribution is -0.137. The van der Waals surface area contributed by atoms with Crippen LogP contribution in [0, 0.1) is 11.8 Å². The molecule has 1 aliphatic carbocycles. The molecule has 5 rings (SSSR count). The van der Waals surface area contributed by atoms with Crippen LogP contribution < -0.4 is 5.32 Å². The van der Waals surface area contributed by atoms with Gasteiger partial charge in [0.25, 0.3) is 0 Å². The SMILES string of the molecule is O=C(NC1CC1)C1C2C(=O)N(CCc3ccccc3)C[C@@]23C=C[C@@H]1O3. The summed E-state index contributed by atoms with van der Waals surface area (Å²) in [7, 11) is 0. The molecule has 1 aromatic carbocycles. The fraction of sp³-hybridized carbons (Fsp3) is 0.500. The predicted octanol–water partition coefficient (Wildman–Crippen LogP) is 1.29. The first-order chi connectivity index (χ1) is 12.2. The van der Waals surface area contributed by atoms with E-state index in [0.29, 0.717) is 19.1 Å². The number of carbonyl (C=O) groups is 2. The molecule has 3 aliphatic heterocycles. The maximum Gasteiger partial charge on any atom is 0.230 e. The third kappa shape index (κ3) is 2.41. The Morgan fingerprint density at radius 1 is 1.28 bits per heavy atom. The van der Waals surface area contributed by atoms with E-state index in [2.05, 4.69) is 17.4 Å². The number of benzene rings is 1. The zero-order valence-electron chi connectivity index (χ0n) is 14.1. The lowest BCUT2D eigenvalue weighted by Gasteiger charge is -2.23. The van der Waals surface area contributed by atoms with Crippen LogP contribution in [0.3, 0.4) is 0 Å². The van der Waals surface area contributed by atoms with Crippen molar-refractivity contribution in [1.82, 2.24) is 10.2 Å². The number of ether oxygens (including phenoxy) is 1. The van der Waals surface area contributed by atoms with E-state index >= 15 is 0 Å². The third-order valence-corrected chi connectivity index (χ3v) is 5.92. The summed E-state index contributed by atoms with van der Waals surface area (Å²) in [5, 5.41) is 3.06. The molecule has 0 aromatic heterocycles. The van der Waals surface area contributed by atoms with Gasteiger partial charge in [-0.1, -0.05) is 42.5 Å². The third-order valence-electron chi connectivity index (χ3n) is 5.92. The molecule has 3 fully saturated rings. The molecule has 4 aliphatic rings. The standard InChI is InChI=1S/C20H22N2O3/c23-18(21-14-6-7-14)16-15-8-10-20(25-15)12-22(19(24)17(16)20)11-9-13-4-2-1-3-5-13/h1-5,8,10,14-17H,6-7,9,11-12H2,(H,21,23)/t15-,16?,17?,20-/m0/s1. The van der Waals surface area contributed by atoms with Crippen LogP contribution in [0.15, 0.2) is 42.5 Å². The van der Waals surface area contributed by atoms with Gasteiger partial charge >= 0.3 is 0 Å². The summed E-state index contributed by atoms with van der Waals surface area (Å²) < 4.78 is 6.14. The van der Waals surface area contributed by atoms with E-state index in [1.165, 1.54) is 5.56 Å². The summed E-state index contributed by atoms with van der Waals surface area (Å²) in [6.45, 7) is 1.23. The van der Waals surface area contributed by atoms with E-state index in [9.17, 15) is 9.59 Å². The van der Waals surface area contributed by atoms with Gasteiger partial charge in [0.1, 0.15) is 5.60 Å². The molecule has 4 atom stereocenters. The highest BCUT2D eigenvalue weighted by Gasteiger charge is 2.66. The van der Waals surface area contributed by atoms with Gasteiger partial charge in [-0.3, -0.25) is 9.59 Å². The molecule has 1 aromatic rings. The van der Waals surface area contributed by atoms with Crippen LogP contribution >= 0.6 is 0 Å². The molecule has 2 unspecified atom stereocenters. The Balaban J connectivity index is 1.33. The van der Waals surface area contributed by atoms with Gasteiger partial charge in [0, 0.05) is 12.6 Å². The number of nitrogens with zero attached hydrogens (tertiary/aromatic N) is 1. The molecule has 2 bridgehead atoms. The number of fused-ring (bicyclic) bond motifs is 1. The largest absolute Gasteiger partial charge is 0.360 e. The van der Waals surface area contributed by atoms with E-state index < -0.39 is 5.60 Å². The first-order valence-electron chi connectivity index (χ1n) is 9.17. The topological polar surface area (TPSA) is 58.6 Å². The van der Waals surface area contributed by atoms with Gasteiger partial charge in [-0.2, -0.15) is 0 Å².